The van der Waals surface area contributed by atoms with Gasteiger partial charge in [0.2, 0.25) is 0 Å². The quantitative estimate of drug-likeness (QED) is 0.595. The van der Waals surface area contributed by atoms with Gasteiger partial charge >= 0.3 is 6.03 Å². The van der Waals surface area contributed by atoms with Crippen molar-refractivity contribution in [2.24, 2.45) is 5.92 Å². The summed E-state index contributed by atoms with van der Waals surface area (Å²) < 4.78 is 0. The number of aliphatic hydroxyl groups excluding tert-OH is 1. The molecule has 3 N–H and O–H groups in total. The van der Waals surface area contributed by atoms with Gasteiger partial charge in [0.25, 0.3) is 0 Å². The maximum absolute atomic E-state index is 11.1. The second kappa shape index (κ2) is 6.71. The zero-order chi connectivity index (χ0) is 10.3. The van der Waals surface area contributed by atoms with Gasteiger partial charge in [-0.1, -0.05) is 20.8 Å². The van der Waals surface area contributed by atoms with Gasteiger partial charge in [-0.3, -0.25) is 0 Å². The first-order valence-electron chi connectivity index (χ1n) is 4.77. The van der Waals surface area contributed by atoms with Gasteiger partial charge in [-0.05, 0) is 12.3 Å². The molecule has 0 aromatic rings. The largest absolute Gasteiger partial charge is 0.394 e. The highest BCUT2D eigenvalue weighted by molar-refractivity contribution is 5.74. The smallest absolute Gasteiger partial charge is 0.315 e. The lowest BCUT2D eigenvalue weighted by Crippen LogP contribution is -2.46. The lowest BCUT2D eigenvalue weighted by atomic mass is 10.1. The molecule has 0 bridgehead atoms. The molecule has 13 heavy (non-hydrogen) atoms. The van der Waals surface area contributed by atoms with Gasteiger partial charge in [0.05, 0.1) is 12.6 Å². The summed E-state index contributed by atoms with van der Waals surface area (Å²) in [5.74, 6) is 0.248. The number of rotatable bonds is 5. The van der Waals surface area contributed by atoms with Crippen molar-refractivity contribution in [2.45, 2.75) is 33.2 Å². The molecular formula is C9H20N2O2. The third kappa shape index (κ3) is 5.47. The molecule has 0 heterocycles. The maximum atomic E-state index is 11.1. The number of urea groups is 1. The van der Waals surface area contributed by atoms with Gasteiger partial charge in [-0.15, -0.1) is 0 Å². The summed E-state index contributed by atoms with van der Waals surface area (Å²) in [6.45, 7) is 6.56. The fourth-order valence-electron chi connectivity index (χ4n) is 0.881. The highest BCUT2D eigenvalue weighted by Gasteiger charge is 2.13. The van der Waals surface area contributed by atoms with Crippen LogP contribution in [-0.2, 0) is 0 Å². The minimum Gasteiger partial charge on any atom is -0.394 e. The van der Waals surface area contributed by atoms with Gasteiger partial charge in [0, 0.05) is 6.54 Å². The summed E-state index contributed by atoms with van der Waals surface area (Å²) >= 11 is 0. The van der Waals surface area contributed by atoms with Crippen LogP contribution in [0.25, 0.3) is 0 Å². The van der Waals surface area contributed by atoms with E-state index in [0.717, 1.165) is 6.42 Å². The van der Waals surface area contributed by atoms with E-state index in [1.165, 1.54) is 0 Å². The van der Waals surface area contributed by atoms with E-state index in [0.29, 0.717) is 6.54 Å². The van der Waals surface area contributed by atoms with E-state index in [-0.39, 0.29) is 24.6 Å². The molecule has 4 heteroatoms. The first-order chi connectivity index (χ1) is 6.11. The average Bonchev–Trinajstić information content (AvgIpc) is 2.10. The first kappa shape index (κ1) is 12.2. The van der Waals surface area contributed by atoms with Gasteiger partial charge in [-0.25, -0.2) is 4.79 Å². The third-order valence-electron chi connectivity index (χ3n) is 1.85. The Morgan fingerprint density at radius 2 is 2.08 bits per heavy atom. The number of carbonyl (C=O) groups excluding carboxylic acids is 1. The summed E-state index contributed by atoms with van der Waals surface area (Å²) in [7, 11) is 0. The molecule has 78 valence electrons. The third-order valence-corrected chi connectivity index (χ3v) is 1.85. The molecule has 4 nitrogen and oxygen atoms in total. The molecule has 0 saturated heterocycles. The highest BCUT2D eigenvalue weighted by Crippen LogP contribution is 1.99. The Morgan fingerprint density at radius 3 is 2.46 bits per heavy atom. The molecule has 0 saturated carbocycles. The second-order valence-electron chi connectivity index (χ2n) is 3.43. The maximum Gasteiger partial charge on any atom is 0.315 e. The van der Waals surface area contributed by atoms with Crippen molar-refractivity contribution in [3.63, 3.8) is 0 Å². The van der Waals surface area contributed by atoms with Crippen LogP contribution in [0.1, 0.15) is 27.2 Å². The van der Waals surface area contributed by atoms with Crippen molar-refractivity contribution in [3.05, 3.63) is 0 Å². The number of amides is 2. The summed E-state index contributed by atoms with van der Waals surface area (Å²) in [6.07, 6.45) is 0.916. The van der Waals surface area contributed by atoms with Gasteiger partial charge in [-0.2, -0.15) is 0 Å². The zero-order valence-electron chi connectivity index (χ0n) is 8.63. The summed E-state index contributed by atoms with van der Waals surface area (Å²) in [4.78, 5) is 11.1. The monoisotopic (exact) mass is 188 g/mol. The van der Waals surface area contributed by atoms with E-state index in [1.54, 1.807) is 0 Å². The molecule has 0 aliphatic carbocycles. The van der Waals surface area contributed by atoms with Crippen molar-refractivity contribution in [2.75, 3.05) is 13.2 Å². The molecule has 0 fully saturated rings. The number of aliphatic hydroxyl groups is 1. The van der Waals surface area contributed by atoms with Crippen molar-refractivity contribution >= 4 is 6.03 Å². The van der Waals surface area contributed by atoms with E-state index >= 15 is 0 Å². The van der Waals surface area contributed by atoms with Crippen LogP contribution in [0.4, 0.5) is 4.79 Å². The Hall–Kier alpha value is -0.770. The van der Waals surface area contributed by atoms with Gasteiger partial charge in [0.1, 0.15) is 0 Å². The highest BCUT2D eigenvalue weighted by atomic mass is 16.3. The Kier molecular flexibility index (Phi) is 6.32. The number of nitrogens with one attached hydrogen (secondary N) is 2. The normalized spacial score (nSPS) is 12.7. The van der Waals surface area contributed by atoms with Crippen molar-refractivity contribution in [1.82, 2.24) is 10.6 Å². The molecule has 1 atom stereocenters. The number of carbonyl (C=O) groups is 1. The predicted molar refractivity (Wildman–Crippen MR) is 52.5 cm³/mol. The van der Waals surface area contributed by atoms with E-state index in [1.807, 2.05) is 20.8 Å². The molecule has 2 amide bonds. The minimum atomic E-state index is -0.199. The van der Waals surface area contributed by atoms with Crippen LogP contribution in [0.3, 0.4) is 0 Å². The summed E-state index contributed by atoms with van der Waals surface area (Å²) in [5, 5.41) is 14.3. The molecule has 0 aromatic heterocycles. The lowest BCUT2D eigenvalue weighted by molar-refractivity contribution is 0.198. The minimum absolute atomic E-state index is 0.0167. The van der Waals surface area contributed by atoms with E-state index in [9.17, 15) is 4.79 Å². The molecule has 0 aromatic carbocycles. The summed E-state index contributed by atoms with van der Waals surface area (Å²) in [5.41, 5.74) is 0. The standard InChI is InChI=1S/C9H20N2O2/c1-4-5-10-9(13)11-8(6-12)7(2)3/h7-8,12H,4-6H2,1-3H3,(H2,10,11,13)/t8-/m1/s1. The molecule has 0 spiro atoms. The van der Waals surface area contributed by atoms with Crippen LogP contribution >= 0.6 is 0 Å². The summed E-state index contributed by atoms with van der Waals surface area (Å²) in [6, 6.07) is -0.355. The van der Waals surface area contributed by atoms with Crippen molar-refractivity contribution in [3.8, 4) is 0 Å². The molecule has 0 aliphatic heterocycles. The molecule has 0 aliphatic rings. The van der Waals surface area contributed by atoms with Crippen LogP contribution in [0.15, 0.2) is 0 Å². The Morgan fingerprint density at radius 1 is 1.46 bits per heavy atom. The van der Waals surface area contributed by atoms with Crippen LogP contribution in [-0.4, -0.2) is 30.3 Å². The second-order valence-corrected chi connectivity index (χ2v) is 3.43. The van der Waals surface area contributed by atoms with Crippen molar-refractivity contribution in [1.29, 1.82) is 0 Å². The van der Waals surface area contributed by atoms with Gasteiger partial charge < -0.3 is 15.7 Å². The fourth-order valence-corrected chi connectivity index (χ4v) is 0.881. The van der Waals surface area contributed by atoms with Crippen molar-refractivity contribution < 1.29 is 9.90 Å². The lowest BCUT2D eigenvalue weighted by Gasteiger charge is -2.19. The topological polar surface area (TPSA) is 61.4 Å². The van der Waals surface area contributed by atoms with E-state index in [4.69, 9.17) is 5.11 Å². The van der Waals surface area contributed by atoms with E-state index in [2.05, 4.69) is 10.6 Å². The van der Waals surface area contributed by atoms with E-state index < -0.39 is 0 Å². The number of hydrogen-bond donors (Lipinski definition) is 3. The fraction of sp³-hybridized carbons (Fsp3) is 0.889. The molecular weight excluding hydrogens is 168 g/mol. The number of hydrogen-bond acceptors (Lipinski definition) is 2. The van der Waals surface area contributed by atoms with Crippen LogP contribution in [0.5, 0.6) is 0 Å². The molecule has 0 unspecified atom stereocenters. The predicted octanol–water partition coefficient (Wildman–Crippen LogP) is 0.712. The molecule has 0 radical (unpaired) electrons. The average molecular weight is 188 g/mol. The first-order valence-corrected chi connectivity index (χ1v) is 4.77. The SMILES string of the molecule is CCCNC(=O)N[C@H](CO)C(C)C. The molecule has 0 rings (SSSR count). The Balaban J connectivity index is 3.73. The Bertz CT molecular complexity index is 149. The van der Waals surface area contributed by atoms with Crippen LogP contribution < -0.4 is 10.6 Å². The van der Waals surface area contributed by atoms with Crippen LogP contribution in [0, 0.1) is 5.92 Å². The Labute approximate surface area is 79.7 Å². The van der Waals surface area contributed by atoms with Gasteiger partial charge in [0.15, 0.2) is 0 Å². The zero-order valence-corrected chi connectivity index (χ0v) is 8.63. The van der Waals surface area contributed by atoms with Crippen LogP contribution in [0.2, 0.25) is 0 Å².